The molecule has 2 aliphatic rings. The molecule has 1 aliphatic heterocycles. The summed E-state index contributed by atoms with van der Waals surface area (Å²) < 4.78 is 72.0. The zero-order chi connectivity index (χ0) is 27.1. The van der Waals surface area contributed by atoms with E-state index >= 15 is 0 Å². The molecule has 1 saturated heterocycles. The number of carbonyl (C=O) groups is 1. The van der Waals surface area contributed by atoms with Crippen LogP contribution >= 0.6 is 0 Å². The van der Waals surface area contributed by atoms with Crippen molar-refractivity contribution in [1.82, 2.24) is 14.9 Å². The van der Waals surface area contributed by atoms with E-state index in [-0.39, 0.29) is 46.8 Å². The Morgan fingerprint density at radius 3 is 2.63 bits per heavy atom. The second-order valence-electron chi connectivity index (χ2n) is 9.90. The van der Waals surface area contributed by atoms with Gasteiger partial charge in [0.2, 0.25) is 0 Å². The van der Waals surface area contributed by atoms with Crippen molar-refractivity contribution in [2.24, 2.45) is 5.41 Å². The summed E-state index contributed by atoms with van der Waals surface area (Å²) >= 11 is 0. The predicted octanol–water partition coefficient (Wildman–Crippen LogP) is 5.77. The van der Waals surface area contributed by atoms with Crippen LogP contribution < -0.4 is 10.1 Å². The van der Waals surface area contributed by atoms with Crippen LogP contribution in [0.15, 0.2) is 48.7 Å². The minimum Gasteiger partial charge on any atom is -0.486 e. The maximum atomic E-state index is 14.1. The van der Waals surface area contributed by atoms with E-state index in [0.717, 1.165) is 37.6 Å². The number of halogens is 5. The van der Waals surface area contributed by atoms with Crippen LogP contribution in [0.25, 0.3) is 0 Å². The van der Waals surface area contributed by atoms with E-state index in [4.69, 9.17) is 4.74 Å². The molecule has 0 radical (unpaired) electrons. The Morgan fingerprint density at radius 2 is 1.95 bits per heavy atom. The molecule has 11 heteroatoms. The largest absolute Gasteiger partial charge is 0.486 e. The van der Waals surface area contributed by atoms with Gasteiger partial charge in [0.05, 0.1) is 5.56 Å². The van der Waals surface area contributed by atoms with Gasteiger partial charge >= 0.3 is 6.18 Å². The molecule has 200 valence electrons. The standard InChI is InChI=1S/C27H25F5N4O2/c1-16-5-7-21(38-14-17-3-2-4-20(28)23(17)29)24(35-16)25(37)36-15-26(9-10-26)11-19(36)13-34-22-8-6-18(12-33-22)27(30,31)32/h2-8,12,19H,9-11,13-15H2,1H3,(H,33,34). The Balaban J connectivity index is 1.33. The first-order valence-corrected chi connectivity index (χ1v) is 12.2. The Kier molecular flexibility index (Phi) is 6.70. The predicted molar refractivity (Wildman–Crippen MR) is 129 cm³/mol. The van der Waals surface area contributed by atoms with Gasteiger partial charge in [0, 0.05) is 36.6 Å². The fourth-order valence-electron chi connectivity index (χ4n) is 4.78. The van der Waals surface area contributed by atoms with Crippen molar-refractivity contribution < 1.29 is 31.5 Å². The summed E-state index contributed by atoms with van der Waals surface area (Å²) in [5, 5.41) is 3.05. The van der Waals surface area contributed by atoms with E-state index in [1.54, 1.807) is 24.0 Å². The van der Waals surface area contributed by atoms with E-state index in [1.165, 1.54) is 18.2 Å². The molecule has 6 nitrogen and oxygen atoms in total. The Bertz CT molecular complexity index is 1340. The van der Waals surface area contributed by atoms with E-state index in [0.29, 0.717) is 18.8 Å². The maximum absolute atomic E-state index is 14.1. The highest BCUT2D eigenvalue weighted by Crippen LogP contribution is 2.55. The van der Waals surface area contributed by atoms with Crippen molar-refractivity contribution in [1.29, 1.82) is 0 Å². The normalized spacial score (nSPS) is 18.1. The summed E-state index contributed by atoms with van der Waals surface area (Å²) in [6.45, 7) is 2.26. The molecule has 3 heterocycles. The number of nitrogens with zero attached hydrogens (tertiary/aromatic N) is 3. The lowest BCUT2D eigenvalue weighted by Gasteiger charge is -2.26. The zero-order valence-corrected chi connectivity index (χ0v) is 20.5. The summed E-state index contributed by atoms with van der Waals surface area (Å²) in [4.78, 5) is 23.7. The first kappa shape index (κ1) is 25.9. The fraction of sp³-hybridized carbons (Fsp3) is 0.370. The van der Waals surface area contributed by atoms with Crippen LogP contribution in [-0.2, 0) is 12.8 Å². The molecule has 1 aromatic carbocycles. The highest BCUT2D eigenvalue weighted by molar-refractivity contribution is 5.95. The van der Waals surface area contributed by atoms with Gasteiger partial charge < -0.3 is 15.0 Å². The fourth-order valence-corrected chi connectivity index (χ4v) is 4.78. The zero-order valence-electron chi connectivity index (χ0n) is 20.5. The van der Waals surface area contributed by atoms with Crippen molar-refractivity contribution >= 4 is 11.7 Å². The van der Waals surface area contributed by atoms with E-state index in [9.17, 15) is 26.7 Å². The average Bonchev–Trinajstić information content (AvgIpc) is 3.54. The minimum atomic E-state index is -4.47. The molecule has 38 heavy (non-hydrogen) atoms. The molecule has 5 rings (SSSR count). The molecule has 3 aromatic rings. The molecule has 2 aromatic heterocycles. The van der Waals surface area contributed by atoms with E-state index in [1.807, 2.05) is 0 Å². The molecule has 2 fully saturated rings. The number of rotatable bonds is 7. The van der Waals surface area contributed by atoms with Gasteiger partial charge in [-0.25, -0.2) is 18.7 Å². The van der Waals surface area contributed by atoms with Gasteiger partial charge in [0.15, 0.2) is 23.1 Å². The van der Waals surface area contributed by atoms with Crippen LogP contribution in [0.2, 0.25) is 0 Å². The van der Waals surface area contributed by atoms with Crippen LogP contribution in [-0.4, -0.2) is 39.9 Å². The number of aromatic nitrogens is 2. The van der Waals surface area contributed by atoms with Gasteiger partial charge in [0.25, 0.3) is 5.91 Å². The molecule has 0 bridgehead atoms. The third-order valence-electron chi connectivity index (χ3n) is 7.06. The second kappa shape index (κ2) is 9.85. The third kappa shape index (κ3) is 5.41. The SMILES string of the molecule is Cc1ccc(OCc2cccc(F)c2F)c(C(=O)N2CC3(CC3)CC2CNc2ccc(C(F)(F)F)cn2)n1. The molecule has 1 N–H and O–H groups in total. The smallest absolute Gasteiger partial charge is 0.417 e. The van der Waals surface area contributed by atoms with Crippen LogP contribution in [0, 0.1) is 24.0 Å². The summed E-state index contributed by atoms with van der Waals surface area (Å²) in [5.41, 5.74) is -0.161. The van der Waals surface area contributed by atoms with Crippen LogP contribution in [0.4, 0.5) is 27.8 Å². The van der Waals surface area contributed by atoms with Gasteiger partial charge in [0.1, 0.15) is 12.4 Å². The number of hydrogen-bond acceptors (Lipinski definition) is 5. The number of carbonyl (C=O) groups excluding carboxylic acids is 1. The number of hydrogen-bond donors (Lipinski definition) is 1. The van der Waals surface area contributed by atoms with Gasteiger partial charge in [-0.05, 0) is 61.9 Å². The number of alkyl halides is 3. The number of nitrogens with one attached hydrogen (secondary N) is 1. The molecular weight excluding hydrogens is 507 g/mol. The quantitative estimate of drug-likeness (QED) is 0.392. The summed E-state index contributed by atoms with van der Waals surface area (Å²) in [5.74, 6) is -1.94. The van der Waals surface area contributed by atoms with Crippen LogP contribution in [0.1, 0.15) is 46.6 Å². The molecule has 1 amide bonds. The van der Waals surface area contributed by atoms with Gasteiger partial charge in [-0.2, -0.15) is 13.2 Å². The summed E-state index contributed by atoms with van der Waals surface area (Å²) in [6.07, 6.45) is -1.00. The van der Waals surface area contributed by atoms with Gasteiger partial charge in [-0.1, -0.05) is 12.1 Å². The first-order valence-electron chi connectivity index (χ1n) is 12.2. The van der Waals surface area contributed by atoms with Crippen LogP contribution in [0.5, 0.6) is 5.75 Å². The molecule has 1 unspecified atom stereocenters. The Hall–Kier alpha value is -3.76. The molecule has 1 saturated carbocycles. The van der Waals surface area contributed by atoms with Crippen molar-refractivity contribution in [2.45, 2.75) is 45.0 Å². The van der Waals surface area contributed by atoms with Crippen LogP contribution in [0.3, 0.4) is 0 Å². The molecule has 1 aliphatic carbocycles. The topological polar surface area (TPSA) is 67.3 Å². The average molecular weight is 533 g/mol. The number of amides is 1. The highest BCUT2D eigenvalue weighted by Gasteiger charge is 2.53. The second-order valence-corrected chi connectivity index (χ2v) is 9.90. The molecular formula is C27H25F5N4O2. The molecule has 1 atom stereocenters. The molecule has 1 spiro atoms. The van der Waals surface area contributed by atoms with E-state index in [2.05, 4.69) is 15.3 Å². The van der Waals surface area contributed by atoms with Crippen molar-refractivity contribution in [3.63, 3.8) is 0 Å². The number of likely N-dealkylation sites (tertiary alicyclic amines) is 1. The lowest BCUT2D eigenvalue weighted by atomic mass is 10.0. The lowest BCUT2D eigenvalue weighted by Crippen LogP contribution is -2.40. The van der Waals surface area contributed by atoms with Crippen molar-refractivity contribution in [2.75, 3.05) is 18.4 Å². The Labute approximate surface area is 215 Å². The summed E-state index contributed by atoms with van der Waals surface area (Å²) in [6, 6.07) is 8.99. The highest BCUT2D eigenvalue weighted by atomic mass is 19.4. The van der Waals surface area contributed by atoms with Crippen molar-refractivity contribution in [3.05, 3.63) is 82.8 Å². The number of pyridine rings is 2. The number of aryl methyl sites for hydroxylation is 1. The maximum Gasteiger partial charge on any atom is 0.417 e. The lowest BCUT2D eigenvalue weighted by molar-refractivity contribution is -0.137. The number of anilines is 1. The number of benzene rings is 1. The first-order chi connectivity index (χ1) is 18.0. The van der Waals surface area contributed by atoms with E-state index < -0.39 is 23.4 Å². The van der Waals surface area contributed by atoms with Crippen molar-refractivity contribution in [3.8, 4) is 5.75 Å². The van der Waals surface area contributed by atoms with Gasteiger partial charge in [-0.15, -0.1) is 0 Å². The Morgan fingerprint density at radius 1 is 1.16 bits per heavy atom. The number of ether oxygens (including phenoxy) is 1. The summed E-state index contributed by atoms with van der Waals surface area (Å²) in [7, 11) is 0. The van der Waals surface area contributed by atoms with Gasteiger partial charge in [-0.3, -0.25) is 4.79 Å². The third-order valence-corrected chi connectivity index (χ3v) is 7.06. The monoisotopic (exact) mass is 532 g/mol. The minimum absolute atomic E-state index is 0.00759.